The summed E-state index contributed by atoms with van der Waals surface area (Å²) in [6.45, 7) is 1.57. The van der Waals surface area contributed by atoms with Gasteiger partial charge >= 0.3 is 0 Å². The first-order valence-electron chi connectivity index (χ1n) is 11.7. The van der Waals surface area contributed by atoms with Crippen LogP contribution in [0.15, 0.2) is 66.0 Å². The number of carbonyl (C=O) groups excluding carboxylic acids is 3. The van der Waals surface area contributed by atoms with Crippen LogP contribution >= 0.6 is 11.3 Å². The van der Waals surface area contributed by atoms with Gasteiger partial charge in [0.1, 0.15) is 11.9 Å². The molecule has 1 aliphatic carbocycles. The van der Waals surface area contributed by atoms with E-state index in [0.29, 0.717) is 16.1 Å². The van der Waals surface area contributed by atoms with Crippen molar-refractivity contribution in [1.29, 1.82) is 0 Å². The van der Waals surface area contributed by atoms with E-state index < -0.39 is 17.8 Å². The van der Waals surface area contributed by atoms with E-state index in [1.165, 1.54) is 40.5 Å². The highest BCUT2D eigenvalue weighted by molar-refractivity contribution is 7.12. The fraction of sp³-hybridized carbons (Fsp3) is 0.296. The summed E-state index contributed by atoms with van der Waals surface area (Å²) in [7, 11) is 0. The highest BCUT2D eigenvalue weighted by Gasteiger charge is 2.35. The molecule has 0 bridgehead atoms. The minimum atomic E-state index is -1.02. The number of amides is 3. The number of thiophene rings is 1. The molecule has 1 saturated carbocycles. The largest absolute Gasteiger partial charge is 0.351 e. The van der Waals surface area contributed by atoms with Crippen molar-refractivity contribution in [2.75, 3.05) is 11.4 Å². The zero-order valence-electron chi connectivity index (χ0n) is 19.5. The van der Waals surface area contributed by atoms with E-state index in [1.807, 2.05) is 19.1 Å². The number of benzene rings is 2. The molecule has 0 radical (unpaired) electrons. The zero-order valence-corrected chi connectivity index (χ0v) is 20.3. The van der Waals surface area contributed by atoms with Gasteiger partial charge in [0.25, 0.3) is 5.91 Å². The summed E-state index contributed by atoms with van der Waals surface area (Å²) < 4.78 is 13.7. The highest BCUT2D eigenvalue weighted by Crippen LogP contribution is 2.31. The molecule has 182 valence electrons. The molecule has 0 aliphatic heterocycles. The maximum absolute atomic E-state index is 13.7. The Morgan fingerprint density at radius 2 is 1.74 bits per heavy atom. The predicted octanol–water partition coefficient (Wildman–Crippen LogP) is 4.76. The Balaban J connectivity index is 1.69. The molecule has 2 aromatic carbocycles. The minimum absolute atomic E-state index is 0.0396. The van der Waals surface area contributed by atoms with Crippen LogP contribution in [0.3, 0.4) is 0 Å². The van der Waals surface area contributed by atoms with Crippen LogP contribution in [0.1, 0.15) is 52.5 Å². The predicted molar refractivity (Wildman–Crippen MR) is 135 cm³/mol. The first-order chi connectivity index (χ1) is 16.9. The maximum Gasteiger partial charge on any atom is 0.261 e. The first kappa shape index (κ1) is 24.6. The molecule has 1 fully saturated rings. The van der Waals surface area contributed by atoms with Gasteiger partial charge in [0.05, 0.1) is 11.4 Å². The van der Waals surface area contributed by atoms with Crippen molar-refractivity contribution in [1.82, 2.24) is 10.6 Å². The summed E-state index contributed by atoms with van der Waals surface area (Å²) in [5.74, 6) is -1.56. The standard InChI is InChI=1S/C27H28FN3O3S/c1-18-7-2-5-10-22(18)31(24(32)17-29-26(33)23-11-6-16-35-23)25(19-12-14-20(28)15-13-19)27(34)30-21-8-3-4-9-21/h2,5-7,10-16,21,25H,3-4,8-9,17H2,1H3,(H,29,33)(H,30,34). The third kappa shape index (κ3) is 5.95. The Bertz CT molecular complexity index is 1170. The average molecular weight is 494 g/mol. The molecule has 0 spiro atoms. The number of hydrogen-bond acceptors (Lipinski definition) is 4. The van der Waals surface area contributed by atoms with E-state index in [0.717, 1.165) is 31.2 Å². The van der Waals surface area contributed by atoms with Crippen molar-refractivity contribution in [3.05, 3.63) is 87.9 Å². The number of nitrogens with one attached hydrogen (secondary N) is 2. The summed E-state index contributed by atoms with van der Waals surface area (Å²) in [6.07, 6.45) is 3.86. The molecular weight excluding hydrogens is 465 g/mol. The van der Waals surface area contributed by atoms with Crippen molar-refractivity contribution in [3.63, 3.8) is 0 Å². The Hall–Kier alpha value is -3.52. The van der Waals surface area contributed by atoms with E-state index in [1.54, 1.807) is 29.6 Å². The molecular formula is C27H28FN3O3S. The van der Waals surface area contributed by atoms with Crippen molar-refractivity contribution in [3.8, 4) is 0 Å². The Labute approximate surface area is 208 Å². The molecule has 1 atom stereocenters. The Morgan fingerprint density at radius 1 is 1.03 bits per heavy atom. The van der Waals surface area contributed by atoms with Gasteiger partial charge in [0.15, 0.2) is 0 Å². The minimum Gasteiger partial charge on any atom is -0.351 e. The topological polar surface area (TPSA) is 78.5 Å². The van der Waals surface area contributed by atoms with Crippen LogP contribution in [0.25, 0.3) is 0 Å². The lowest BCUT2D eigenvalue weighted by atomic mass is 10.0. The van der Waals surface area contributed by atoms with Crippen molar-refractivity contribution >= 4 is 34.7 Å². The fourth-order valence-corrected chi connectivity index (χ4v) is 5.04. The van der Waals surface area contributed by atoms with Crippen LogP contribution in [-0.2, 0) is 9.59 Å². The van der Waals surface area contributed by atoms with Crippen LogP contribution in [0.4, 0.5) is 10.1 Å². The quantitative estimate of drug-likeness (QED) is 0.475. The smallest absolute Gasteiger partial charge is 0.261 e. The second-order valence-corrected chi connectivity index (χ2v) is 9.60. The van der Waals surface area contributed by atoms with Crippen molar-refractivity contribution in [2.45, 2.75) is 44.7 Å². The summed E-state index contributed by atoms with van der Waals surface area (Å²) in [4.78, 5) is 41.7. The molecule has 4 rings (SSSR count). The van der Waals surface area contributed by atoms with Gasteiger partial charge in [0.2, 0.25) is 11.8 Å². The summed E-state index contributed by atoms with van der Waals surface area (Å²) in [6, 6.07) is 15.3. The highest BCUT2D eigenvalue weighted by atomic mass is 32.1. The molecule has 1 aromatic heterocycles. The van der Waals surface area contributed by atoms with Gasteiger partial charge in [0, 0.05) is 11.7 Å². The lowest BCUT2D eigenvalue weighted by Crippen LogP contribution is -2.49. The number of halogens is 1. The van der Waals surface area contributed by atoms with Gasteiger partial charge in [-0.1, -0.05) is 49.2 Å². The number of para-hydroxylation sites is 1. The number of hydrogen-bond donors (Lipinski definition) is 2. The second-order valence-electron chi connectivity index (χ2n) is 8.65. The van der Waals surface area contributed by atoms with E-state index in [2.05, 4.69) is 10.6 Å². The molecule has 0 saturated heterocycles. The van der Waals surface area contributed by atoms with Gasteiger partial charge in [-0.05, 0) is 60.5 Å². The Morgan fingerprint density at radius 3 is 2.40 bits per heavy atom. The van der Waals surface area contributed by atoms with Gasteiger partial charge < -0.3 is 10.6 Å². The molecule has 1 unspecified atom stereocenters. The SMILES string of the molecule is Cc1ccccc1N(C(=O)CNC(=O)c1cccs1)C(C(=O)NC1CCCC1)c1ccc(F)cc1. The normalized spacial score (nSPS) is 14.3. The van der Waals surface area contributed by atoms with E-state index in [9.17, 15) is 18.8 Å². The lowest BCUT2D eigenvalue weighted by Gasteiger charge is -2.33. The molecule has 6 nitrogen and oxygen atoms in total. The zero-order chi connectivity index (χ0) is 24.8. The first-order valence-corrected chi connectivity index (χ1v) is 12.6. The fourth-order valence-electron chi connectivity index (χ4n) is 4.40. The van der Waals surface area contributed by atoms with Gasteiger partial charge in [-0.3, -0.25) is 19.3 Å². The molecule has 8 heteroatoms. The number of rotatable bonds is 8. The molecule has 3 aromatic rings. The molecule has 3 amide bonds. The van der Waals surface area contributed by atoms with E-state index >= 15 is 0 Å². The van der Waals surface area contributed by atoms with Crippen LogP contribution in [0, 0.1) is 12.7 Å². The number of anilines is 1. The van der Waals surface area contributed by atoms with E-state index in [-0.39, 0.29) is 24.4 Å². The average Bonchev–Trinajstić information content (AvgIpc) is 3.57. The Kier molecular flexibility index (Phi) is 7.92. The lowest BCUT2D eigenvalue weighted by molar-refractivity contribution is -0.126. The van der Waals surface area contributed by atoms with Crippen molar-refractivity contribution in [2.24, 2.45) is 0 Å². The third-order valence-corrected chi connectivity index (χ3v) is 7.05. The molecule has 1 heterocycles. The maximum atomic E-state index is 13.7. The van der Waals surface area contributed by atoms with Crippen LogP contribution in [0.2, 0.25) is 0 Å². The summed E-state index contributed by atoms with van der Waals surface area (Å²) in [5, 5.41) is 7.55. The van der Waals surface area contributed by atoms with Crippen LogP contribution in [0.5, 0.6) is 0 Å². The van der Waals surface area contributed by atoms with Gasteiger partial charge in [-0.15, -0.1) is 11.3 Å². The molecule has 1 aliphatic rings. The van der Waals surface area contributed by atoms with Crippen LogP contribution in [-0.4, -0.2) is 30.3 Å². The van der Waals surface area contributed by atoms with Crippen molar-refractivity contribution < 1.29 is 18.8 Å². The number of nitrogens with zero attached hydrogens (tertiary/aromatic N) is 1. The monoisotopic (exact) mass is 493 g/mol. The molecule has 35 heavy (non-hydrogen) atoms. The molecule has 2 N–H and O–H groups in total. The number of aryl methyl sites for hydroxylation is 1. The third-order valence-electron chi connectivity index (χ3n) is 6.18. The summed E-state index contributed by atoms with van der Waals surface area (Å²) >= 11 is 1.28. The number of carbonyl (C=O) groups is 3. The van der Waals surface area contributed by atoms with Gasteiger partial charge in [-0.2, -0.15) is 0 Å². The second kappa shape index (κ2) is 11.3. The van der Waals surface area contributed by atoms with Crippen LogP contribution < -0.4 is 15.5 Å². The van der Waals surface area contributed by atoms with Gasteiger partial charge in [-0.25, -0.2) is 4.39 Å². The van der Waals surface area contributed by atoms with E-state index in [4.69, 9.17) is 0 Å². The summed E-state index contributed by atoms with van der Waals surface area (Å²) in [5.41, 5.74) is 1.84.